The summed E-state index contributed by atoms with van der Waals surface area (Å²) in [4.78, 5) is 9.85. The first-order valence-corrected chi connectivity index (χ1v) is 5.74. The number of furan rings is 1. The molecule has 0 spiro atoms. The lowest BCUT2D eigenvalue weighted by Gasteiger charge is -2.07. The van der Waals surface area contributed by atoms with Crippen LogP contribution in [0.15, 0.2) is 34.7 Å². The zero-order valence-corrected chi connectivity index (χ0v) is 10.5. The predicted octanol–water partition coefficient (Wildman–Crippen LogP) is 4.11. The van der Waals surface area contributed by atoms with Crippen molar-refractivity contribution in [1.29, 1.82) is 0 Å². The number of nitro groups is 1. The minimum absolute atomic E-state index is 0.286. The van der Waals surface area contributed by atoms with Crippen LogP contribution < -0.4 is 5.32 Å². The SMILES string of the molecule is O=[N+]([O-])c1ccc(CNc2cccc(Cl)c2Cl)o1. The molecular weight excluding hydrogens is 279 g/mol. The molecule has 1 aromatic heterocycles. The average molecular weight is 287 g/mol. The zero-order valence-electron chi connectivity index (χ0n) is 9.02. The Morgan fingerprint density at radius 1 is 1.28 bits per heavy atom. The molecule has 0 unspecified atom stereocenters. The standard InChI is InChI=1S/C11H8Cl2N2O3/c12-8-2-1-3-9(11(8)13)14-6-7-4-5-10(18-7)15(16)17/h1-5,14H,6H2. The molecular formula is C11H8Cl2N2O3. The van der Waals surface area contributed by atoms with Gasteiger partial charge in [-0.2, -0.15) is 0 Å². The van der Waals surface area contributed by atoms with E-state index >= 15 is 0 Å². The second kappa shape index (κ2) is 5.29. The van der Waals surface area contributed by atoms with E-state index in [1.165, 1.54) is 12.1 Å². The van der Waals surface area contributed by atoms with Gasteiger partial charge in [0, 0.05) is 0 Å². The van der Waals surface area contributed by atoms with Gasteiger partial charge in [-0.15, -0.1) is 0 Å². The molecule has 0 aliphatic rings. The van der Waals surface area contributed by atoms with E-state index in [9.17, 15) is 10.1 Å². The monoisotopic (exact) mass is 286 g/mol. The van der Waals surface area contributed by atoms with Crippen molar-refractivity contribution >= 4 is 34.8 Å². The van der Waals surface area contributed by atoms with E-state index in [2.05, 4.69) is 5.32 Å². The highest BCUT2D eigenvalue weighted by molar-refractivity contribution is 6.43. The highest BCUT2D eigenvalue weighted by Crippen LogP contribution is 2.30. The van der Waals surface area contributed by atoms with Gasteiger partial charge in [-0.1, -0.05) is 29.3 Å². The summed E-state index contributed by atoms with van der Waals surface area (Å²) >= 11 is 11.8. The van der Waals surface area contributed by atoms with Crippen LogP contribution in [0.2, 0.25) is 10.0 Å². The van der Waals surface area contributed by atoms with E-state index in [0.717, 1.165) is 0 Å². The quantitative estimate of drug-likeness (QED) is 0.678. The fraction of sp³-hybridized carbons (Fsp3) is 0.0909. The van der Waals surface area contributed by atoms with E-state index in [1.54, 1.807) is 18.2 Å². The summed E-state index contributed by atoms with van der Waals surface area (Å²) in [6.07, 6.45) is 0. The zero-order chi connectivity index (χ0) is 13.1. The predicted molar refractivity (Wildman–Crippen MR) is 69.2 cm³/mol. The fourth-order valence-corrected chi connectivity index (χ4v) is 1.75. The number of nitrogens with one attached hydrogen (secondary N) is 1. The van der Waals surface area contributed by atoms with Crippen LogP contribution in [0, 0.1) is 10.1 Å². The molecule has 7 heteroatoms. The van der Waals surface area contributed by atoms with Crippen LogP contribution in [-0.4, -0.2) is 4.92 Å². The molecule has 0 radical (unpaired) electrons. The second-order valence-electron chi connectivity index (χ2n) is 3.45. The Balaban J connectivity index is 2.07. The van der Waals surface area contributed by atoms with Gasteiger partial charge in [0.1, 0.15) is 10.7 Å². The van der Waals surface area contributed by atoms with Crippen LogP contribution in [-0.2, 0) is 6.54 Å². The summed E-state index contributed by atoms with van der Waals surface area (Å²) in [6, 6.07) is 8.01. The van der Waals surface area contributed by atoms with Gasteiger partial charge in [0.2, 0.25) is 0 Å². The molecule has 0 aliphatic heterocycles. The second-order valence-corrected chi connectivity index (χ2v) is 4.24. The van der Waals surface area contributed by atoms with E-state index < -0.39 is 4.92 Å². The lowest BCUT2D eigenvalue weighted by molar-refractivity contribution is -0.402. The number of hydrogen-bond acceptors (Lipinski definition) is 4. The average Bonchev–Trinajstić information content (AvgIpc) is 2.80. The Hall–Kier alpha value is -1.72. The number of halogens is 2. The molecule has 0 saturated carbocycles. The molecule has 18 heavy (non-hydrogen) atoms. The molecule has 0 amide bonds. The topological polar surface area (TPSA) is 68.3 Å². The molecule has 0 aliphatic carbocycles. The van der Waals surface area contributed by atoms with Gasteiger partial charge in [0.05, 0.1) is 28.3 Å². The van der Waals surface area contributed by atoms with Gasteiger partial charge in [-0.05, 0) is 18.2 Å². The highest BCUT2D eigenvalue weighted by atomic mass is 35.5. The van der Waals surface area contributed by atoms with Gasteiger partial charge in [0.25, 0.3) is 0 Å². The van der Waals surface area contributed by atoms with Crippen LogP contribution in [0.3, 0.4) is 0 Å². The first kappa shape index (κ1) is 12.7. The lowest BCUT2D eigenvalue weighted by Crippen LogP contribution is -1.98. The molecule has 0 saturated heterocycles. The van der Waals surface area contributed by atoms with Crippen molar-refractivity contribution in [3.63, 3.8) is 0 Å². The third kappa shape index (κ3) is 2.75. The number of nitrogens with zero attached hydrogens (tertiary/aromatic N) is 1. The van der Waals surface area contributed by atoms with Gasteiger partial charge >= 0.3 is 5.88 Å². The Morgan fingerprint density at radius 2 is 2.06 bits per heavy atom. The third-order valence-corrected chi connectivity index (χ3v) is 3.05. The van der Waals surface area contributed by atoms with Crippen molar-refractivity contribution in [2.24, 2.45) is 0 Å². The minimum Gasteiger partial charge on any atom is -0.404 e. The summed E-state index contributed by atoms with van der Waals surface area (Å²) in [5, 5.41) is 14.3. The van der Waals surface area contributed by atoms with Crippen LogP contribution in [0.1, 0.15) is 5.76 Å². The Bertz CT molecular complexity index is 583. The van der Waals surface area contributed by atoms with Crippen LogP contribution >= 0.6 is 23.2 Å². The van der Waals surface area contributed by atoms with Crippen molar-refractivity contribution < 1.29 is 9.34 Å². The summed E-state index contributed by atoms with van der Waals surface area (Å²) in [7, 11) is 0. The van der Waals surface area contributed by atoms with E-state index in [1.807, 2.05) is 0 Å². The summed E-state index contributed by atoms with van der Waals surface area (Å²) in [6.45, 7) is 0.286. The maximum absolute atomic E-state index is 10.4. The molecule has 0 atom stereocenters. The first-order valence-electron chi connectivity index (χ1n) is 4.99. The van der Waals surface area contributed by atoms with Crippen LogP contribution in [0.25, 0.3) is 0 Å². The van der Waals surface area contributed by atoms with E-state index in [-0.39, 0.29) is 12.4 Å². The van der Waals surface area contributed by atoms with Crippen molar-refractivity contribution in [2.75, 3.05) is 5.32 Å². The number of benzene rings is 1. The smallest absolute Gasteiger partial charge is 0.404 e. The van der Waals surface area contributed by atoms with Gasteiger partial charge in [-0.25, -0.2) is 0 Å². The first-order chi connectivity index (χ1) is 8.58. The van der Waals surface area contributed by atoms with Crippen LogP contribution in [0.4, 0.5) is 11.6 Å². The number of anilines is 1. The van der Waals surface area contributed by atoms with Crippen molar-refractivity contribution in [1.82, 2.24) is 0 Å². The maximum Gasteiger partial charge on any atom is 0.433 e. The fourth-order valence-electron chi connectivity index (χ4n) is 1.38. The van der Waals surface area contributed by atoms with E-state index in [4.69, 9.17) is 27.6 Å². The summed E-state index contributed by atoms with van der Waals surface area (Å²) in [5.41, 5.74) is 0.642. The minimum atomic E-state index is -0.587. The van der Waals surface area contributed by atoms with Crippen LogP contribution in [0.5, 0.6) is 0 Å². The molecule has 0 bridgehead atoms. The lowest BCUT2D eigenvalue weighted by atomic mass is 10.3. The van der Waals surface area contributed by atoms with Gasteiger partial charge < -0.3 is 9.73 Å². The number of hydrogen-bond donors (Lipinski definition) is 1. The highest BCUT2D eigenvalue weighted by Gasteiger charge is 2.12. The normalized spacial score (nSPS) is 10.3. The summed E-state index contributed by atoms with van der Waals surface area (Å²) < 4.78 is 5.00. The largest absolute Gasteiger partial charge is 0.433 e. The van der Waals surface area contributed by atoms with Gasteiger partial charge in [-0.3, -0.25) is 10.1 Å². The van der Waals surface area contributed by atoms with Crippen molar-refractivity contribution in [3.8, 4) is 0 Å². The van der Waals surface area contributed by atoms with E-state index in [0.29, 0.717) is 21.5 Å². The van der Waals surface area contributed by atoms with Crippen molar-refractivity contribution in [3.05, 3.63) is 56.3 Å². The molecule has 2 aromatic rings. The Kier molecular flexibility index (Phi) is 3.74. The third-order valence-electron chi connectivity index (χ3n) is 2.23. The van der Waals surface area contributed by atoms with Gasteiger partial charge in [0.15, 0.2) is 0 Å². The summed E-state index contributed by atoms with van der Waals surface area (Å²) in [5.74, 6) is 0.154. The molecule has 2 rings (SSSR count). The molecule has 94 valence electrons. The van der Waals surface area contributed by atoms with Crippen molar-refractivity contribution in [2.45, 2.75) is 6.54 Å². The maximum atomic E-state index is 10.4. The number of rotatable bonds is 4. The Morgan fingerprint density at radius 3 is 2.72 bits per heavy atom. The Labute approximate surface area is 112 Å². The molecule has 5 nitrogen and oxygen atoms in total. The molecule has 0 fully saturated rings. The molecule has 1 N–H and O–H groups in total. The molecule has 1 aromatic carbocycles. The molecule has 1 heterocycles.